The maximum absolute atomic E-state index is 11.6. The molecule has 0 aliphatic heterocycles. The average Bonchev–Trinajstić information content (AvgIpc) is 2.78. The van der Waals surface area contributed by atoms with E-state index < -0.39 is 11.7 Å². The zero-order valence-electron chi connectivity index (χ0n) is 12.5. The highest BCUT2D eigenvalue weighted by Gasteiger charge is 2.15. The lowest BCUT2D eigenvalue weighted by atomic mass is 10.1. The number of carbonyl (C=O) groups is 1. The number of amides is 1. The highest BCUT2D eigenvalue weighted by molar-refractivity contribution is 5.84. The number of aromatic amines is 1. The summed E-state index contributed by atoms with van der Waals surface area (Å²) in [5, 5.41) is 12.6. The number of nitriles is 1. The van der Waals surface area contributed by atoms with Crippen molar-refractivity contribution in [3.8, 4) is 6.07 Å². The van der Waals surface area contributed by atoms with Gasteiger partial charge in [0.1, 0.15) is 5.60 Å². The third kappa shape index (κ3) is 3.99. The Morgan fingerprint density at radius 3 is 2.86 bits per heavy atom. The molecule has 110 valence electrons. The molecule has 0 saturated carbocycles. The average molecular weight is 285 g/mol. The van der Waals surface area contributed by atoms with Crippen molar-refractivity contribution in [1.82, 2.24) is 10.3 Å². The van der Waals surface area contributed by atoms with E-state index in [1.807, 2.05) is 45.2 Å². The van der Waals surface area contributed by atoms with Gasteiger partial charge in [-0.05, 0) is 44.0 Å². The van der Waals surface area contributed by atoms with Gasteiger partial charge < -0.3 is 15.0 Å². The molecule has 0 radical (unpaired) electrons. The summed E-state index contributed by atoms with van der Waals surface area (Å²) in [6.45, 7) is 5.87. The molecule has 0 aliphatic rings. The monoisotopic (exact) mass is 285 g/mol. The number of nitrogens with one attached hydrogen (secondary N) is 2. The van der Waals surface area contributed by atoms with E-state index in [4.69, 9.17) is 10.00 Å². The Kier molecular flexibility index (Phi) is 4.18. The van der Waals surface area contributed by atoms with E-state index in [9.17, 15) is 4.79 Å². The van der Waals surface area contributed by atoms with Crippen molar-refractivity contribution < 1.29 is 9.53 Å². The van der Waals surface area contributed by atoms with Crippen LogP contribution in [0.15, 0.2) is 24.4 Å². The molecule has 2 rings (SSSR count). The van der Waals surface area contributed by atoms with E-state index in [1.54, 1.807) is 0 Å². The van der Waals surface area contributed by atoms with Crippen LogP contribution in [-0.2, 0) is 17.7 Å². The minimum Gasteiger partial charge on any atom is -0.444 e. The Hall–Kier alpha value is -2.48. The third-order valence-electron chi connectivity index (χ3n) is 2.94. The SMILES string of the molecule is CC(C)(C)OC(=O)NCc1ccc2[nH]cc(CC#N)c2c1. The topological polar surface area (TPSA) is 77.9 Å². The Bertz CT molecular complexity index is 690. The molecule has 21 heavy (non-hydrogen) atoms. The van der Waals surface area contributed by atoms with Crippen molar-refractivity contribution in [3.05, 3.63) is 35.5 Å². The Labute approximate surface area is 123 Å². The van der Waals surface area contributed by atoms with Gasteiger partial charge in [0.15, 0.2) is 0 Å². The van der Waals surface area contributed by atoms with Crippen LogP contribution < -0.4 is 5.32 Å². The van der Waals surface area contributed by atoms with E-state index in [1.165, 1.54) is 0 Å². The van der Waals surface area contributed by atoms with Crippen LogP contribution in [0.4, 0.5) is 4.79 Å². The zero-order valence-corrected chi connectivity index (χ0v) is 12.5. The van der Waals surface area contributed by atoms with Crippen molar-refractivity contribution in [3.63, 3.8) is 0 Å². The molecule has 0 fully saturated rings. The normalized spacial score (nSPS) is 11.1. The first-order valence-corrected chi connectivity index (χ1v) is 6.82. The molecular formula is C16H19N3O2. The second kappa shape index (κ2) is 5.88. The molecule has 0 spiro atoms. The van der Waals surface area contributed by atoms with Crippen LogP contribution in [0.5, 0.6) is 0 Å². The van der Waals surface area contributed by atoms with E-state index in [0.717, 1.165) is 22.0 Å². The lowest BCUT2D eigenvalue weighted by Gasteiger charge is -2.19. The van der Waals surface area contributed by atoms with E-state index >= 15 is 0 Å². The molecule has 5 nitrogen and oxygen atoms in total. The maximum Gasteiger partial charge on any atom is 0.407 e. The van der Waals surface area contributed by atoms with Crippen LogP contribution in [0.3, 0.4) is 0 Å². The first-order chi connectivity index (χ1) is 9.89. The van der Waals surface area contributed by atoms with Crippen LogP contribution in [0, 0.1) is 11.3 Å². The van der Waals surface area contributed by atoms with Gasteiger partial charge in [-0.3, -0.25) is 0 Å². The van der Waals surface area contributed by atoms with Crippen molar-refractivity contribution >= 4 is 17.0 Å². The van der Waals surface area contributed by atoms with Gasteiger partial charge >= 0.3 is 6.09 Å². The fraction of sp³-hybridized carbons (Fsp3) is 0.375. The molecule has 2 N–H and O–H groups in total. The van der Waals surface area contributed by atoms with E-state index in [-0.39, 0.29) is 0 Å². The summed E-state index contributed by atoms with van der Waals surface area (Å²) >= 11 is 0. The van der Waals surface area contributed by atoms with Gasteiger partial charge in [-0.1, -0.05) is 6.07 Å². The van der Waals surface area contributed by atoms with Crippen molar-refractivity contribution in [2.45, 2.75) is 39.3 Å². The molecule has 1 amide bonds. The summed E-state index contributed by atoms with van der Waals surface area (Å²) in [5.41, 5.74) is 2.41. The van der Waals surface area contributed by atoms with Crippen LogP contribution in [0.2, 0.25) is 0 Å². The number of benzene rings is 1. The van der Waals surface area contributed by atoms with E-state index in [0.29, 0.717) is 13.0 Å². The highest BCUT2D eigenvalue weighted by atomic mass is 16.6. The number of carbonyl (C=O) groups excluding carboxylic acids is 1. The van der Waals surface area contributed by atoms with E-state index in [2.05, 4.69) is 16.4 Å². The second-order valence-electron chi connectivity index (χ2n) is 5.88. The summed E-state index contributed by atoms with van der Waals surface area (Å²) in [5.74, 6) is 0. The summed E-state index contributed by atoms with van der Waals surface area (Å²) < 4.78 is 5.19. The molecule has 2 aromatic rings. The van der Waals surface area contributed by atoms with Gasteiger partial charge in [0.2, 0.25) is 0 Å². The Morgan fingerprint density at radius 1 is 1.43 bits per heavy atom. The lowest BCUT2D eigenvalue weighted by molar-refractivity contribution is 0.0523. The van der Waals surface area contributed by atoms with Crippen LogP contribution >= 0.6 is 0 Å². The third-order valence-corrected chi connectivity index (χ3v) is 2.94. The number of hydrogen-bond donors (Lipinski definition) is 2. The van der Waals surface area contributed by atoms with Crippen LogP contribution in [0.25, 0.3) is 10.9 Å². The standard InChI is InChI=1S/C16H19N3O2/c1-16(2,3)21-15(20)19-9-11-4-5-14-13(8-11)12(6-7-17)10-18-14/h4-5,8,10,18H,6,9H2,1-3H3,(H,19,20). The lowest BCUT2D eigenvalue weighted by Crippen LogP contribution is -2.32. The minimum absolute atomic E-state index is 0.364. The molecule has 0 atom stereocenters. The number of fused-ring (bicyclic) bond motifs is 1. The first-order valence-electron chi connectivity index (χ1n) is 6.82. The molecule has 0 bridgehead atoms. The predicted molar refractivity (Wildman–Crippen MR) is 80.7 cm³/mol. The minimum atomic E-state index is -0.505. The van der Waals surface area contributed by atoms with Gasteiger partial charge in [0, 0.05) is 23.6 Å². The van der Waals surface area contributed by atoms with Crippen LogP contribution in [-0.4, -0.2) is 16.7 Å². The first kappa shape index (κ1) is 14.9. The van der Waals surface area contributed by atoms with Gasteiger partial charge in [0.25, 0.3) is 0 Å². The number of nitrogens with zero attached hydrogens (tertiary/aromatic N) is 1. The molecule has 1 heterocycles. The molecule has 0 aliphatic carbocycles. The number of aromatic nitrogens is 1. The molecular weight excluding hydrogens is 266 g/mol. The second-order valence-corrected chi connectivity index (χ2v) is 5.88. The summed E-state index contributed by atoms with van der Waals surface area (Å²) in [7, 11) is 0. The molecule has 1 aromatic heterocycles. The van der Waals surface area contributed by atoms with Crippen molar-refractivity contribution in [2.24, 2.45) is 0 Å². The maximum atomic E-state index is 11.6. The Morgan fingerprint density at radius 2 is 2.19 bits per heavy atom. The summed E-state index contributed by atoms with van der Waals surface area (Å²) in [4.78, 5) is 14.8. The number of ether oxygens (including phenoxy) is 1. The van der Waals surface area contributed by atoms with Gasteiger partial charge in [-0.25, -0.2) is 4.79 Å². The summed E-state index contributed by atoms with van der Waals surface area (Å²) in [6.07, 6.45) is 1.77. The largest absolute Gasteiger partial charge is 0.444 e. The number of rotatable bonds is 3. The number of H-pyrrole nitrogens is 1. The fourth-order valence-corrected chi connectivity index (χ4v) is 2.06. The smallest absolute Gasteiger partial charge is 0.407 e. The van der Waals surface area contributed by atoms with Crippen molar-refractivity contribution in [2.75, 3.05) is 0 Å². The van der Waals surface area contributed by atoms with Crippen LogP contribution in [0.1, 0.15) is 31.9 Å². The fourth-order valence-electron chi connectivity index (χ4n) is 2.06. The number of alkyl carbamates (subject to hydrolysis) is 1. The molecule has 0 unspecified atom stereocenters. The van der Waals surface area contributed by atoms with Crippen molar-refractivity contribution in [1.29, 1.82) is 5.26 Å². The molecule has 0 saturated heterocycles. The van der Waals surface area contributed by atoms with Gasteiger partial charge in [0.05, 0.1) is 12.5 Å². The molecule has 1 aromatic carbocycles. The molecule has 5 heteroatoms. The van der Waals surface area contributed by atoms with Gasteiger partial charge in [-0.2, -0.15) is 5.26 Å². The summed E-state index contributed by atoms with van der Waals surface area (Å²) in [6, 6.07) is 8.01. The predicted octanol–water partition coefficient (Wildman–Crippen LogP) is 3.26. The quantitative estimate of drug-likeness (QED) is 0.908. The van der Waals surface area contributed by atoms with Gasteiger partial charge in [-0.15, -0.1) is 0 Å². The number of hydrogen-bond acceptors (Lipinski definition) is 3. The Balaban J connectivity index is 2.07. The zero-order chi connectivity index (χ0) is 15.5. The highest BCUT2D eigenvalue weighted by Crippen LogP contribution is 2.20.